The number of hydrogen-bond donors (Lipinski definition) is 0. The second kappa shape index (κ2) is 5.58. The van der Waals surface area contributed by atoms with E-state index in [2.05, 4.69) is 10.1 Å². The molecule has 2 heterocycles. The summed E-state index contributed by atoms with van der Waals surface area (Å²) in [6, 6.07) is 3.52. The van der Waals surface area contributed by atoms with Crippen LogP contribution >= 0.6 is 0 Å². The summed E-state index contributed by atoms with van der Waals surface area (Å²) in [6.45, 7) is 1.95. The zero-order valence-electron chi connectivity index (χ0n) is 11.5. The average Bonchev–Trinajstić information content (AvgIpc) is 3.18. The Kier molecular flexibility index (Phi) is 3.64. The molecule has 6 nitrogen and oxygen atoms in total. The van der Waals surface area contributed by atoms with Gasteiger partial charge in [-0.1, -0.05) is 0 Å². The molecular formula is C14H18N4O2. The van der Waals surface area contributed by atoms with Gasteiger partial charge in [0.1, 0.15) is 0 Å². The van der Waals surface area contributed by atoms with Gasteiger partial charge in [0.2, 0.25) is 0 Å². The molecule has 0 bridgehead atoms. The van der Waals surface area contributed by atoms with Crippen LogP contribution < -0.4 is 0 Å². The first kappa shape index (κ1) is 13.1. The van der Waals surface area contributed by atoms with Crippen molar-refractivity contribution < 1.29 is 9.53 Å². The van der Waals surface area contributed by atoms with Gasteiger partial charge in [0, 0.05) is 38.7 Å². The van der Waals surface area contributed by atoms with Crippen LogP contribution in [0.1, 0.15) is 23.3 Å². The van der Waals surface area contributed by atoms with Gasteiger partial charge in [-0.25, -0.2) is 9.50 Å². The normalized spacial score (nSPS) is 14.7. The number of nitrogens with zero attached hydrogens (tertiary/aromatic N) is 4. The van der Waals surface area contributed by atoms with E-state index < -0.39 is 0 Å². The van der Waals surface area contributed by atoms with E-state index in [1.165, 1.54) is 12.8 Å². The Hall–Kier alpha value is -1.95. The Labute approximate surface area is 117 Å². The number of hydrogen-bond acceptors (Lipinski definition) is 4. The fourth-order valence-electron chi connectivity index (χ4n) is 2.19. The highest BCUT2D eigenvalue weighted by atomic mass is 16.5. The molecule has 2 aromatic heterocycles. The molecule has 0 radical (unpaired) electrons. The summed E-state index contributed by atoms with van der Waals surface area (Å²) in [6.07, 6.45) is 5.91. The molecule has 0 atom stereocenters. The summed E-state index contributed by atoms with van der Waals surface area (Å²) >= 11 is 0. The summed E-state index contributed by atoms with van der Waals surface area (Å²) < 4.78 is 6.71. The zero-order valence-corrected chi connectivity index (χ0v) is 11.5. The summed E-state index contributed by atoms with van der Waals surface area (Å²) in [7, 11) is 1.65. The van der Waals surface area contributed by atoms with Crippen LogP contribution in [-0.4, -0.2) is 52.2 Å². The van der Waals surface area contributed by atoms with Crippen molar-refractivity contribution in [3.05, 3.63) is 30.2 Å². The van der Waals surface area contributed by atoms with Crippen LogP contribution in [-0.2, 0) is 4.74 Å². The standard InChI is InChI=1S/C14H18N4O2/c1-20-8-7-17(10-11-3-4-11)14(19)12-9-13-15-5-2-6-18(13)16-12/h2,5-6,9,11H,3-4,7-8,10H2,1H3. The highest BCUT2D eigenvalue weighted by Gasteiger charge is 2.28. The maximum absolute atomic E-state index is 12.6. The number of aromatic nitrogens is 3. The minimum atomic E-state index is -0.0422. The molecule has 1 saturated carbocycles. The lowest BCUT2D eigenvalue weighted by atomic mass is 10.3. The Morgan fingerprint density at radius 2 is 2.40 bits per heavy atom. The Bertz CT molecular complexity index is 573. The molecule has 106 valence electrons. The van der Waals surface area contributed by atoms with Gasteiger partial charge in [0.05, 0.1) is 6.61 Å². The smallest absolute Gasteiger partial charge is 0.274 e. The van der Waals surface area contributed by atoms with Crippen molar-refractivity contribution in [1.29, 1.82) is 0 Å². The highest BCUT2D eigenvalue weighted by molar-refractivity contribution is 5.93. The molecule has 1 amide bonds. The van der Waals surface area contributed by atoms with Crippen LogP contribution in [0.4, 0.5) is 0 Å². The van der Waals surface area contributed by atoms with Crippen LogP contribution in [0.25, 0.3) is 5.65 Å². The lowest BCUT2D eigenvalue weighted by Gasteiger charge is -2.21. The Morgan fingerprint density at radius 3 is 3.10 bits per heavy atom. The van der Waals surface area contributed by atoms with Crippen molar-refractivity contribution in [2.24, 2.45) is 5.92 Å². The number of amides is 1. The molecule has 0 aromatic carbocycles. The Morgan fingerprint density at radius 1 is 1.55 bits per heavy atom. The summed E-state index contributed by atoms with van der Waals surface area (Å²) in [5.74, 6) is 0.602. The third kappa shape index (κ3) is 2.80. The van der Waals surface area contributed by atoms with Crippen molar-refractivity contribution in [3.63, 3.8) is 0 Å². The first-order chi connectivity index (χ1) is 9.78. The number of ether oxygens (including phenoxy) is 1. The maximum atomic E-state index is 12.6. The van der Waals surface area contributed by atoms with E-state index in [-0.39, 0.29) is 5.91 Å². The van der Waals surface area contributed by atoms with Crippen molar-refractivity contribution >= 4 is 11.6 Å². The topological polar surface area (TPSA) is 59.7 Å². The van der Waals surface area contributed by atoms with E-state index in [4.69, 9.17) is 4.74 Å². The lowest BCUT2D eigenvalue weighted by Crippen LogP contribution is -2.35. The minimum Gasteiger partial charge on any atom is -0.383 e. The summed E-state index contributed by atoms with van der Waals surface area (Å²) in [5.41, 5.74) is 1.13. The van der Waals surface area contributed by atoms with Gasteiger partial charge in [-0.3, -0.25) is 4.79 Å². The third-order valence-electron chi connectivity index (χ3n) is 3.48. The van der Waals surface area contributed by atoms with Gasteiger partial charge >= 0.3 is 0 Å². The number of rotatable bonds is 6. The van der Waals surface area contributed by atoms with Crippen molar-refractivity contribution in [2.75, 3.05) is 26.8 Å². The predicted molar refractivity (Wildman–Crippen MR) is 73.5 cm³/mol. The molecule has 3 rings (SSSR count). The molecule has 0 N–H and O–H groups in total. The van der Waals surface area contributed by atoms with Crippen molar-refractivity contribution in [1.82, 2.24) is 19.5 Å². The molecule has 1 fully saturated rings. The average molecular weight is 274 g/mol. The molecule has 2 aromatic rings. The van der Waals surface area contributed by atoms with Crippen LogP contribution in [0.15, 0.2) is 24.5 Å². The van der Waals surface area contributed by atoms with Crippen LogP contribution in [0, 0.1) is 5.92 Å². The van der Waals surface area contributed by atoms with E-state index in [0.717, 1.165) is 6.54 Å². The largest absolute Gasteiger partial charge is 0.383 e. The van der Waals surface area contributed by atoms with E-state index in [1.54, 1.807) is 36.2 Å². The van der Waals surface area contributed by atoms with Gasteiger partial charge in [-0.2, -0.15) is 5.10 Å². The number of methoxy groups -OCH3 is 1. The fourth-order valence-corrected chi connectivity index (χ4v) is 2.19. The van der Waals surface area contributed by atoms with E-state index in [9.17, 15) is 4.79 Å². The fraction of sp³-hybridized carbons (Fsp3) is 0.500. The molecule has 1 aliphatic rings. The van der Waals surface area contributed by atoms with Crippen LogP contribution in [0.3, 0.4) is 0 Å². The number of carbonyl (C=O) groups is 1. The first-order valence-corrected chi connectivity index (χ1v) is 6.86. The van der Waals surface area contributed by atoms with Gasteiger partial charge in [0.25, 0.3) is 5.91 Å². The summed E-state index contributed by atoms with van der Waals surface area (Å²) in [5, 5.41) is 4.29. The van der Waals surface area contributed by atoms with Gasteiger partial charge < -0.3 is 9.64 Å². The SMILES string of the molecule is COCCN(CC1CC1)C(=O)c1cc2ncccn2n1. The molecule has 1 aliphatic carbocycles. The van der Waals surface area contributed by atoms with Crippen LogP contribution in [0.5, 0.6) is 0 Å². The molecule has 20 heavy (non-hydrogen) atoms. The van der Waals surface area contributed by atoms with Crippen molar-refractivity contribution in [3.8, 4) is 0 Å². The minimum absolute atomic E-state index is 0.0422. The van der Waals surface area contributed by atoms with Crippen LogP contribution in [0.2, 0.25) is 0 Å². The maximum Gasteiger partial charge on any atom is 0.274 e. The second-order valence-corrected chi connectivity index (χ2v) is 5.14. The Balaban J connectivity index is 1.79. The highest BCUT2D eigenvalue weighted by Crippen LogP contribution is 2.30. The quantitative estimate of drug-likeness (QED) is 0.795. The molecule has 0 unspecified atom stereocenters. The summed E-state index contributed by atoms with van der Waals surface area (Å²) in [4.78, 5) is 18.6. The molecule has 6 heteroatoms. The number of fused-ring (bicyclic) bond motifs is 1. The molecular weight excluding hydrogens is 256 g/mol. The van der Waals surface area contributed by atoms with Gasteiger partial charge in [-0.15, -0.1) is 0 Å². The van der Waals surface area contributed by atoms with Gasteiger partial charge in [-0.05, 0) is 24.8 Å². The third-order valence-corrected chi connectivity index (χ3v) is 3.48. The monoisotopic (exact) mass is 274 g/mol. The predicted octanol–water partition coefficient (Wildman–Crippen LogP) is 1.23. The molecule has 0 spiro atoms. The van der Waals surface area contributed by atoms with Crippen molar-refractivity contribution in [2.45, 2.75) is 12.8 Å². The van der Waals surface area contributed by atoms with Gasteiger partial charge in [0.15, 0.2) is 11.3 Å². The van der Waals surface area contributed by atoms with E-state index in [1.807, 2.05) is 4.90 Å². The second-order valence-electron chi connectivity index (χ2n) is 5.14. The molecule has 0 saturated heterocycles. The molecule has 0 aliphatic heterocycles. The first-order valence-electron chi connectivity index (χ1n) is 6.86. The van der Waals surface area contributed by atoms with E-state index in [0.29, 0.717) is 30.4 Å². The number of carbonyl (C=O) groups excluding carboxylic acids is 1. The zero-order chi connectivity index (χ0) is 13.9. The van der Waals surface area contributed by atoms with E-state index >= 15 is 0 Å². The lowest BCUT2D eigenvalue weighted by molar-refractivity contribution is 0.0680.